The number of nitrogens with one attached hydrogen (secondary N) is 1. The number of amides is 1. The summed E-state index contributed by atoms with van der Waals surface area (Å²) in [5, 5.41) is 2.91. The second kappa shape index (κ2) is 8.95. The number of aryl methyl sites for hydroxylation is 1. The SMILES string of the molecule is CCCCC(C)C(=O)Nc1ccc2c(c1)N(S(=O)(=O)c1ccc(F)cc1)CCC2. The average Bonchev–Trinajstić information content (AvgIpc) is 2.71. The summed E-state index contributed by atoms with van der Waals surface area (Å²) in [6.45, 7) is 4.33. The highest BCUT2D eigenvalue weighted by molar-refractivity contribution is 7.92. The summed E-state index contributed by atoms with van der Waals surface area (Å²) in [5.74, 6) is -0.655. The molecule has 0 fully saturated rings. The van der Waals surface area contributed by atoms with Gasteiger partial charge in [-0.2, -0.15) is 0 Å². The molecule has 0 bridgehead atoms. The molecule has 2 aromatic rings. The number of fused-ring (bicyclic) bond motifs is 1. The zero-order chi connectivity index (χ0) is 21.0. The Hall–Kier alpha value is -2.41. The predicted octanol–water partition coefficient (Wildman–Crippen LogP) is 4.73. The minimum Gasteiger partial charge on any atom is -0.326 e. The fraction of sp³-hybridized carbons (Fsp3) is 0.409. The molecule has 1 amide bonds. The number of halogens is 1. The molecule has 0 radical (unpaired) electrons. The molecule has 156 valence electrons. The smallest absolute Gasteiger partial charge is 0.264 e. The summed E-state index contributed by atoms with van der Waals surface area (Å²) < 4.78 is 40.9. The first-order chi connectivity index (χ1) is 13.8. The third-order valence-corrected chi connectivity index (χ3v) is 7.10. The summed E-state index contributed by atoms with van der Waals surface area (Å²) in [4.78, 5) is 12.5. The van der Waals surface area contributed by atoms with Crippen molar-refractivity contribution in [1.29, 1.82) is 0 Å². The number of carbonyl (C=O) groups is 1. The third kappa shape index (κ3) is 4.78. The van der Waals surface area contributed by atoms with Gasteiger partial charge in [-0.05, 0) is 61.2 Å². The molecular formula is C22H27FN2O3S. The molecule has 5 nitrogen and oxygen atoms in total. The third-order valence-electron chi connectivity index (χ3n) is 5.27. The Morgan fingerprint density at radius 2 is 1.93 bits per heavy atom. The van der Waals surface area contributed by atoms with E-state index in [-0.39, 0.29) is 16.7 Å². The number of sulfonamides is 1. The van der Waals surface area contributed by atoms with Crippen LogP contribution < -0.4 is 9.62 Å². The molecule has 7 heteroatoms. The minimum absolute atomic E-state index is 0.0503. The van der Waals surface area contributed by atoms with Crippen molar-refractivity contribution in [3.05, 3.63) is 53.8 Å². The molecule has 0 aromatic heterocycles. The summed E-state index contributed by atoms with van der Waals surface area (Å²) in [6, 6.07) is 10.3. The van der Waals surface area contributed by atoms with Crippen LogP contribution in [0.5, 0.6) is 0 Å². The zero-order valence-corrected chi connectivity index (χ0v) is 17.6. The lowest BCUT2D eigenvalue weighted by molar-refractivity contribution is -0.119. The lowest BCUT2D eigenvalue weighted by Crippen LogP contribution is -2.35. The van der Waals surface area contributed by atoms with E-state index in [1.807, 2.05) is 19.1 Å². The average molecular weight is 419 g/mol. The van der Waals surface area contributed by atoms with Gasteiger partial charge in [0.2, 0.25) is 5.91 Å². The van der Waals surface area contributed by atoms with E-state index >= 15 is 0 Å². The van der Waals surface area contributed by atoms with Gasteiger partial charge in [-0.15, -0.1) is 0 Å². The molecule has 1 aliphatic heterocycles. The Kier molecular flexibility index (Phi) is 6.57. The van der Waals surface area contributed by atoms with Gasteiger partial charge in [0.15, 0.2) is 0 Å². The molecule has 3 rings (SSSR count). The number of nitrogens with zero attached hydrogens (tertiary/aromatic N) is 1. The van der Waals surface area contributed by atoms with Crippen molar-refractivity contribution < 1.29 is 17.6 Å². The molecule has 0 saturated heterocycles. The van der Waals surface area contributed by atoms with Crippen LogP contribution in [0, 0.1) is 11.7 Å². The van der Waals surface area contributed by atoms with E-state index in [9.17, 15) is 17.6 Å². The molecule has 1 atom stereocenters. The predicted molar refractivity (Wildman–Crippen MR) is 113 cm³/mol. The Labute approximate surface area is 172 Å². The van der Waals surface area contributed by atoms with Crippen LogP contribution in [-0.4, -0.2) is 20.9 Å². The van der Waals surface area contributed by atoms with Gasteiger partial charge in [0.1, 0.15) is 5.82 Å². The van der Waals surface area contributed by atoms with Crippen molar-refractivity contribution in [3.8, 4) is 0 Å². The van der Waals surface area contributed by atoms with Gasteiger partial charge in [0, 0.05) is 18.2 Å². The first kappa shape index (κ1) is 21.3. The second-order valence-electron chi connectivity index (χ2n) is 7.51. The first-order valence-electron chi connectivity index (χ1n) is 10.0. The van der Waals surface area contributed by atoms with Crippen molar-refractivity contribution in [3.63, 3.8) is 0 Å². The Morgan fingerprint density at radius 1 is 1.21 bits per heavy atom. The van der Waals surface area contributed by atoms with Crippen LogP contribution in [0.2, 0.25) is 0 Å². The van der Waals surface area contributed by atoms with Crippen molar-refractivity contribution in [2.24, 2.45) is 5.92 Å². The zero-order valence-electron chi connectivity index (χ0n) is 16.8. The van der Waals surface area contributed by atoms with Gasteiger partial charge in [-0.25, -0.2) is 12.8 Å². The van der Waals surface area contributed by atoms with E-state index < -0.39 is 15.8 Å². The van der Waals surface area contributed by atoms with Crippen molar-refractivity contribution >= 4 is 27.3 Å². The Morgan fingerprint density at radius 3 is 2.62 bits per heavy atom. The molecule has 0 spiro atoms. The monoisotopic (exact) mass is 418 g/mol. The lowest BCUT2D eigenvalue weighted by atomic mass is 10.0. The fourth-order valence-corrected chi connectivity index (χ4v) is 5.04. The molecular weight excluding hydrogens is 391 g/mol. The normalized spacial score (nSPS) is 14.9. The highest BCUT2D eigenvalue weighted by Gasteiger charge is 2.29. The van der Waals surface area contributed by atoms with E-state index in [1.165, 1.54) is 16.4 Å². The molecule has 1 heterocycles. The van der Waals surface area contributed by atoms with Gasteiger partial charge in [0.25, 0.3) is 10.0 Å². The van der Waals surface area contributed by atoms with Gasteiger partial charge in [-0.1, -0.05) is 32.8 Å². The Bertz CT molecular complexity index is 974. The summed E-state index contributed by atoms with van der Waals surface area (Å²) in [7, 11) is -3.81. The quantitative estimate of drug-likeness (QED) is 0.707. The maximum atomic E-state index is 13.2. The number of hydrogen-bond donors (Lipinski definition) is 1. The molecule has 1 N–H and O–H groups in total. The highest BCUT2D eigenvalue weighted by Crippen LogP contribution is 2.34. The van der Waals surface area contributed by atoms with E-state index in [0.717, 1.165) is 43.4 Å². The maximum Gasteiger partial charge on any atom is 0.264 e. The van der Waals surface area contributed by atoms with E-state index in [0.29, 0.717) is 24.3 Å². The topological polar surface area (TPSA) is 66.5 Å². The largest absolute Gasteiger partial charge is 0.326 e. The van der Waals surface area contributed by atoms with Crippen molar-refractivity contribution in [2.75, 3.05) is 16.2 Å². The van der Waals surface area contributed by atoms with Crippen LogP contribution in [0.1, 0.15) is 45.1 Å². The molecule has 2 aromatic carbocycles. The van der Waals surface area contributed by atoms with Gasteiger partial charge in [-0.3, -0.25) is 9.10 Å². The maximum absolute atomic E-state index is 13.2. The van der Waals surface area contributed by atoms with Crippen molar-refractivity contribution in [1.82, 2.24) is 0 Å². The first-order valence-corrected chi connectivity index (χ1v) is 11.5. The fourth-order valence-electron chi connectivity index (χ4n) is 3.51. The van der Waals surface area contributed by atoms with Gasteiger partial charge < -0.3 is 5.32 Å². The Balaban J connectivity index is 1.87. The standard InChI is InChI=1S/C22H27FN2O3S/c1-3-4-6-16(2)22(26)24-19-11-8-17-7-5-14-25(21(17)15-19)29(27,28)20-12-9-18(23)10-13-20/h8-13,15-16H,3-7,14H2,1-2H3,(H,24,26). The number of hydrogen-bond acceptors (Lipinski definition) is 3. The number of benzene rings is 2. The molecule has 0 aliphatic carbocycles. The molecule has 1 aliphatic rings. The highest BCUT2D eigenvalue weighted by atomic mass is 32.2. The summed E-state index contributed by atoms with van der Waals surface area (Å²) in [6.07, 6.45) is 4.31. The van der Waals surface area contributed by atoms with E-state index in [2.05, 4.69) is 12.2 Å². The van der Waals surface area contributed by atoms with Crippen LogP contribution >= 0.6 is 0 Å². The summed E-state index contributed by atoms with van der Waals surface area (Å²) in [5.41, 5.74) is 2.07. The van der Waals surface area contributed by atoms with Gasteiger partial charge >= 0.3 is 0 Å². The minimum atomic E-state index is -3.81. The molecule has 1 unspecified atom stereocenters. The summed E-state index contributed by atoms with van der Waals surface area (Å²) >= 11 is 0. The van der Waals surface area contributed by atoms with Crippen LogP contribution in [0.15, 0.2) is 47.4 Å². The molecule has 29 heavy (non-hydrogen) atoms. The second-order valence-corrected chi connectivity index (χ2v) is 9.37. The van der Waals surface area contributed by atoms with E-state index in [1.54, 1.807) is 6.07 Å². The van der Waals surface area contributed by atoms with E-state index in [4.69, 9.17) is 0 Å². The lowest BCUT2D eigenvalue weighted by Gasteiger charge is -2.31. The van der Waals surface area contributed by atoms with Crippen LogP contribution in [-0.2, 0) is 21.2 Å². The number of unbranched alkanes of at least 4 members (excludes halogenated alkanes) is 1. The van der Waals surface area contributed by atoms with Crippen molar-refractivity contribution in [2.45, 2.75) is 50.8 Å². The van der Waals surface area contributed by atoms with Crippen LogP contribution in [0.3, 0.4) is 0 Å². The number of carbonyl (C=O) groups excluding carboxylic acids is 1. The molecule has 0 saturated carbocycles. The van der Waals surface area contributed by atoms with Gasteiger partial charge in [0.05, 0.1) is 10.6 Å². The number of rotatable bonds is 7. The number of anilines is 2. The van der Waals surface area contributed by atoms with Crippen LogP contribution in [0.4, 0.5) is 15.8 Å². The van der Waals surface area contributed by atoms with Crippen LogP contribution in [0.25, 0.3) is 0 Å².